The van der Waals surface area contributed by atoms with Crippen LogP contribution in [0.1, 0.15) is 108 Å². The van der Waals surface area contributed by atoms with Crippen molar-refractivity contribution in [1.82, 2.24) is 4.90 Å². The molecule has 0 aliphatic heterocycles. The number of aliphatic hydroxyl groups excluding tert-OH is 1. The number of nitrogens with zero attached hydrogens (tertiary/aromatic N) is 1. The Bertz CT molecular complexity index is 2330. The van der Waals surface area contributed by atoms with Crippen LogP contribution in [0.3, 0.4) is 0 Å². The van der Waals surface area contributed by atoms with Crippen LogP contribution in [0.15, 0.2) is 96.6 Å². The number of carbonyl (C=O) groups is 2. The maximum absolute atomic E-state index is 15.7. The first-order valence-electron chi connectivity index (χ1n) is 23.6. The summed E-state index contributed by atoms with van der Waals surface area (Å²) in [4.78, 5) is 32.6. The SMILES string of the molecule is COc1ccc(CC(=O)N(C[C@@H]2CC[C@H]3C[C@@H]2C3(C)C)C[C@]2(O)CC[C@H]3[C@]45C=C[C@@]6(C=C4C(=O)c4ccccc4-c4ccccc4)CC(O)CC[C@]6(C)[C@H]5CC[C@@]32C)cc1OC. The van der Waals surface area contributed by atoms with Gasteiger partial charge in [0.25, 0.3) is 0 Å². The van der Waals surface area contributed by atoms with Crippen molar-refractivity contribution in [1.29, 1.82) is 0 Å². The summed E-state index contributed by atoms with van der Waals surface area (Å²) < 4.78 is 11.2. The first-order valence-corrected chi connectivity index (χ1v) is 23.6. The molecule has 1 unspecified atom stereocenters. The second-order valence-electron chi connectivity index (χ2n) is 21.9. The fourth-order valence-corrected chi connectivity index (χ4v) is 15.6. The highest BCUT2D eigenvalue weighted by atomic mass is 16.5. The highest BCUT2D eigenvalue weighted by Gasteiger charge is 2.74. The molecule has 12 rings (SSSR count). The molecular formula is C55H67NO6. The van der Waals surface area contributed by atoms with Crippen molar-refractivity contribution in [2.75, 3.05) is 27.3 Å². The lowest BCUT2D eigenvalue weighted by atomic mass is 9.32. The van der Waals surface area contributed by atoms with E-state index in [2.05, 4.69) is 69.0 Å². The number of ether oxygens (including phenoxy) is 2. The first-order chi connectivity index (χ1) is 29.6. The van der Waals surface area contributed by atoms with E-state index < -0.39 is 27.9 Å². The number of allylic oxidation sites excluding steroid dienone is 4. The molecule has 4 bridgehead atoms. The Morgan fingerprint density at radius 3 is 2.24 bits per heavy atom. The van der Waals surface area contributed by atoms with Crippen molar-refractivity contribution in [3.8, 4) is 22.6 Å². The molecule has 7 heteroatoms. The maximum Gasteiger partial charge on any atom is 0.227 e. The zero-order valence-electron chi connectivity index (χ0n) is 37.8. The number of rotatable bonds is 11. The largest absolute Gasteiger partial charge is 0.493 e. The molecule has 0 saturated heterocycles. The third kappa shape index (κ3) is 5.88. The monoisotopic (exact) mass is 837 g/mol. The second-order valence-corrected chi connectivity index (χ2v) is 21.9. The topological polar surface area (TPSA) is 96.3 Å². The number of benzene rings is 3. The Morgan fingerprint density at radius 2 is 1.50 bits per heavy atom. The summed E-state index contributed by atoms with van der Waals surface area (Å²) in [6.07, 6.45) is 15.7. The third-order valence-electron chi connectivity index (χ3n) is 19.3. The van der Waals surface area contributed by atoms with Crippen LogP contribution in [0.4, 0.5) is 0 Å². The van der Waals surface area contributed by atoms with Crippen molar-refractivity contribution in [3.05, 3.63) is 108 Å². The van der Waals surface area contributed by atoms with Gasteiger partial charge >= 0.3 is 0 Å². The number of hydrogen-bond acceptors (Lipinski definition) is 6. The lowest BCUT2D eigenvalue weighted by molar-refractivity contribution is -0.180. The predicted octanol–water partition coefficient (Wildman–Crippen LogP) is 10.3. The fourth-order valence-electron chi connectivity index (χ4n) is 15.6. The van der Waals surface area contributed by atoms with Crippen LogP contribution in [-0.2, 0) is 11.2 Å². The molecule has 9 aliphatic carbocycles. The highest BCUT2D eigenvalue weighted by Crippen LogP contribution is 2.78. The normalized spacial score (nSPS) is 38.2. The molecule has 328 valence electrons. The van der Waals surface area contributed by atoms with Gasteiger partial charge in [-0.25, -0.2) is 0 Å². The smallest absolute Gasteiger partial charge is 0.227 e. The van der Waals surface area contributed by atoms with Crippen LogP contribution in [0.5, 0.6) is 11.5 Å². The molecule has 0 heterocycles. The van der Waals surface area contributed by atoms with Crippen LogP contribution in [-0.4, -0.2) is 65.8 Å². The number of fused-ring (bicyclic) bond motifs is 3. The molecule has 6 saturated carbocycles. The highest BCUT2D eigenvalue weighted by molar-refractivity contribution is 6.14. The Hall–Kier alpha value is -4.20. The Balaban J connectivity index is 1.04. The minimum atomic E-state index is -1.16. The molecule has 3 aromatic carbocycles. The zero-order valence-corrected chi connectivity index (χ0v) is 37.8. The van der Waals surface area contributed by atoms with Crippen molar-refractivity contribution in [2.45, 2.75) is 110 Å². The van der Waals surface area contributed by atoms with Gasteiger partial charge in [0, 0.05) is 40.5 Å². The Labute approximate surface area is 369 Å². The summed E-state index contributed by atoms with van der Waals surface area (Å²) in [6.45, 7) is 10.5. The van der Waals surface area contributed by atoms with Crippen LogP contribution >= 0.6 is 0 Å². The molecule has 2 N–H and O–H groups in total. The molecule has 2 spiro atoms. The molecule has 7 nitrogen and oxygen atoms in total. The van der Waals surface area contributed by atoms with E-state index in [-0.39, 0.29) is 47.3 Å². The lowest BCUT2D eigenvalue weighted by Gasteiger charge is -2.71. The number of ketones is 1. The van der Waals surface area contributed by atoms with Crippen LogP contribution in [0, 0.1) is 56.7 Å². The summed E-state index contributed by atoms with van der Waals surface area (Å²) in [5.74, 6) is 3.20. The van der Waals surface area contributed by atoms with Crippen LogP contribution in [0.2, 0.25) is 0 Å². The predicted molar refractivity (Wildman–Crippen MR) is 243 cm³/mol. The molecule has 62 heavy (non-hydrogen) atoms. The van der Waals surface area contributed by atoms with Gasteiger partial charge in [-0.05, 0) is 133 Å². The number of Topliss-reactive ketones (excluding diaryl/α,β-unsaturated/α-hetero) is 1. The average molecular weight is 838 g/mol. The number of carbonyl (C=O) groups excluding carboxylic acids is 2. The van der Waals surface area contributed by atoms with E-state index in [4.69, 9.17) is 9.47 Å². The van der Waals surface area contributed by atoms with Gasteiger partial charge in [-0.3, -0.25) is 9.59 Å². The van der Waals surface area contributed by atoms with E-state index in [0.29, 0.717) is 48.3 Å². The van der Waals surface area contributed by atoms with Crippen molar-refractivity contribution in [3.63, 3.8) is 0 Å². The molecule has 6 fully saturated rings. The van der Waals surface area contributed by atoms with Gasteiger partial charge in [-0.2, -0.15) is 0 Å². The van der Waals surface area contributed by atoms with E-state index in [1.165, 1.54) is 12.8 Å². The fraction of sp³-hybridized carbons (Fsp3) is 0.564. The second kappa shape index (κ2) is 14.7. The summed E-state index contributed by atoms with van der Waals surface area (Å²) in [5, 5.41) is 24.9. The maximum atomic E-state index is 15.7. The number of amides is 1. The molecule has 3 aromatic rings. The summed E-state index contributed by atoms with van der Waals surface area (Å²) in [6, 6.07) is 24.0. The van der Waals surface area contributed by atoms with Crippen LogP contribution < -0.4 is 9.47 Å². The summed E-state index contributed by atoms with van der Waals surface area (Å²) in [5.41, 5.74) is 1.74. The molecule has 11 atom stereocenters. The van der Waals surface area contributed by atoms with Gasteiger partial charge in [0.05, 0.1) is 32.3 Å². The van der Waals surface area contributed by atoms with Gasteiger partial charge < -0.3 is 24.6 Å². The van der Waals surface area contributed by atoms with Gasteiger partial charge in [-0.15, -0.1) is 0 Å². The van der Waals surface area contributed by atoms with E-state index in [1.807, 2.05) is 54.6 Å². The zero-order chi connectivity index (χ0) is 43.5. The van der Waals surface area contributed by atoms with E-state index in [1.54, 1.807) is 14.2 Å². The third-order valence-corrected chi connectivity index (χ3v) is 19.3. The lowest BCUT2D eigenvalue weighted by Crippen LogP contribution is -2.67. The van der Waals surface area contributed by atoms with E-state index in [9.17, 15) is 15.0 Å². The number of aliphatic hydroxyl groups is 2. The van der Waals surface area contributed by atoms with Crippen molar-refractivity contribution >= 4 is 11.7 Å². The van der Waals surface area contributed by atoms with Gasteiger partial charge in [-0.1, -0.05) is 107 Å². The number of hydrogen-bond donors (Lipinski definition) is 2. The summed E-state index contributed by atoms with van der Waals surface area (Å²) >= 11 is 0. The number of methoxy groups -OCH3 is 2. The molecule has 9 aliphatic rings. The van der Waals surface area contributed by atoms with Gasteiger partial charge in [0.2, 0.25) is 5.91 Å². The molecule has 0 radical (unpaired) electrons. The minimum absolute atomic E-state index is 0.0140. The minimum Gasteiger partial charge on any atom is -0.493 e. The summed E-state index contributed by atoms with van der Waals surface area (Å²) in [7, 11) is 3.24. The quantitative estimate of drug-likeness (QED) is 0.148. The van der Waals surface area contributed by atoms with Crippen LogP contribution in [0.25, 0.3) is 11.1 Å². The van der Waals surface area contributed by atoms with E-state index in [0.717, 1.165) is 66.7 Å². The Morgan fingerprint density at radius 1 is 0.790 bits per heavy atom. The van der Waals surface area contributed by atoms with Gasteiger partial charge in [0.15, 0.2) is 17.3 Å². The van der Waals surface area contributed by atoms with Crippen molar-refractivity contribution < 1.29 is 29.3 Å². The molecule has 0 aromatic heterocycles. The van der Waals surface area contributed by atoms with Crippen molar-refractivity contribution in [2.24, 2.45) is 56.7 Å². The first kappa shape index (κ1) is 41.8. The molecule has 1 amide bonds. The average Bonchev–Trinajstić information content (AvgIpc) is 3.55. The van der Waals surface area contributed by atoms with Gasteiger partial charge in [0.1, 0.15) is 0 Å². The Kier molecular flexibility index (Phi) is 9.89. The standard InChI is InChI=1S/C55H67NO6/c1-50(2)38-18-17-37(42(50)30-38)33-56(48(58)29-35-16-19-44(61-5)45(28-35)62-6)34-54(60)25-22-47-52(54,4)24-21-46-51(3)23-20-39(57)31-53(51)26-27-55(46,47)43(32-53)49(59)41-15-11-10-14-40(41)36-12-8-7-9-13-36/h7-16,19,26-28,32,37-39,42,46-47,57,60H,17-18,20-25,29-31,33-34H2,1-6H3/t37-,38-,39?,42-,46+,47+,51+,52-,53-,54+,55+/m0/s1. The molecular weight excluding hydrogens is 771 g/mol. The van der Waals surface area contributed by atoms with E-state index >= 15 is 4.79 Å².